The molecular formula is C11H20N4. The summed E-state index contributed by atoms with van der Waals surface area (Å²) in [6.07, 6.45) is 3.66. The third-order valence-corrected chi connectivity index (χ3v) is 2.33. The number of rotatable bonds is 4. The second-order valence-electron chi connectivity index (χ2n) is 4.78. The van der Waals surface area contributed by atoms with E-state index in [9.17, 15) is 0 Å². The van der Waals surface area contributed by atoms with Crippen molar-refractivity contribution < 1.29 is 0 Å². The van der Waals surface area contributed by atoms with Crippen molar-refractivity contribution in [2.45, 2.75) is 20.8 Å². The Labute approximate surface area is 91.5 Å². The topological polar surface area (TPSA) is 55.0 Å². The SMILES string of the molecule is Cc1cnc(N(C)CC(C)(C)CN)nc1. The number of hydrogen-bond acceptors (Lipinski definition) is 4. The highest BCUT2D eigenvalue weighted by Gasteiger charge is 2.19. The van der Waals surface area contributed by atoms with Gasteiger partial charge in [0, 0.05) is 26.0 Å². The largest absolute Gasteiger partial charge is 0.343 e. The number of hydrogen-bond donors (Lipinski definition) is 1. The van der Waals surface area contributed by atoms with Gasteiger partial charge >= 0.3 is 0 Å². The number of anilines is 1. The molecule has 0 bridgehead atoms. The zero-order chi connectivity index (χ0) is 11.5. The number of aryl methyl sites for hydroxylation is 1. The van der Waals surface area contributed by atoms with Crippen LogP contribution in [-0.4, -0.2) is 30.1 Å². The van der Waals surface area contributed by atoms with Gasteiger partial charge in [-0.25, -0.2) is 9.97 Å². The van der Waals surface area contributed by atoms with Gasteiger partial charge < -0.3 is 10.6 Å². The molecule has 0 amide bonds. The Morgan fingerprint density at radius 1 is 1.33 bits per heavy atom. The van der Waals surface area contributed by atoms with Crippen LogP contribution in [0.3, 0.4) is 0 Å². The highest BCUT2D eigenvalue weighted by Crippen LogP contribution is 2.16. The summed E-state index contributed by atoms with van der Waals surface area (Å²) in [5.41, 5.74) is 6.85. The van der Waals surface area contributed by atoms with E-state index in [0.29, 0.717) is 6.54 Å². The highest BCUT2D eigenvalue weighted by atomic mass is 15.2. The lowest BCUT2D eigenvalue weighted by Gasteiger charge is -2.28. The van der Waals surface area contributed by atoms with Gasteiger partial charge in [0.15, 0.2) is 0 Å². The van der Waals surface area contributed by atoms with Gasteiger partial charge in [-0.1, -0.05) is 13.8 Å². The molecule has 1 aromatic rings. The van der Waals surface area contributed by atoms with E-state index >= 15 is 0 Å². The molecule has 0 radical (unpaired) electrons. The van der Waals surface area contributed by atoms with Crippen molar-refractivity contribution in [1.82, 2.24) is 9.97 Å². The Hall–Kier alpha value is -1.16. The van der Waals surface area contributed by atoms with Crippen molar-refractivity contribution >= 4 is 5.95 Å². The minimum Gasteiger partial charge on any atom is -0.343 e. The van der Waals surface area contributed by atoms with Crippen LogP contribution < -0.4 is 10.6 Å². The van der Waals surface area contributed by atoms with Crippen LogP contribution in [0.2, 0.25) is 0 Å². The molecule has 0 saturated carbocycles. The fourth-order valence-electron chi connectivity index (χ4n) is 1.36. The Morgan fingerprint density at radius 2 is 1.87 bits per heavy atom. The van der Waals surface area contributed by atoms with E-state index in [4.69, 9.17) is 5.73 Å². The van der Waals surface area contributed by atoms with Crippen LogP contribution in [0.5, 0.6) is 0 Å². The van der Waals surface area contributed by atoms with Gasteiger partial charge in [-0.3, -0.25) is 0 Å². The maximum absolute atomic E-state index is 5.69. The predicted molar refractivity (Wildman–Crippen MR) is 62.9 cm³/mol. The van der Waals surface area contributed by atoms with E-state index in [1.807, 2.05) is 31.3 Å². The molecule has 0 aliphatic heterocycles. The zero-order valence-corrected chi connectivity index (χ0v) is 9.99. The summed E-state index contributed by atoms with van der Waals surface area (Å²) < 4.78 is 0. The third-order valence-electron chi connectivity index (χ3n) is 2.33. The molecule has 0 unspecified atom stereocenters. The number of aromatic nitrogens is 2. The van der Waals surface area contributed by atoms with E-state index < -0.39 is 0 Å². The first kappa shape index (κ1) is 11.9. The summed E-state index contributed by atoms with van der Waals surface area (Å²) in [6, 6.07) is 0. The summed E-state index contributed by atoms with van der Waals surface area (Å²) in [5.74, 6) is 0.752. The van der Waals surface area contributed by atoms with E-state index in [-0.39, 0.29) is 5.41 Å². The second-order valence-corrected chi connectivity index (χ2v) is 4.78. The molecule has 0 saturated heterocycles. The molecule has 4 heteroatoms. The van der Waals surface area contributed by atoms with E-state index in [0.717, 1.165) is 18.1 Å². The standard InChI is InChI=1S/C11H20N4/c1-9-5-13-10(14-6-9)15(4)8-11(2,3)7-12/h5-6H,7-8,12H2,1-4H3. The van der Waals surface area contributed by atoms with Gasteiger partial charge in [0.25, 0.3) is 0 Å². The van der Waals surface area contributed by atoms with Crippen LogP contribution in [-0.2, 0) is 0 Å². The molecule has 1 aromatic heterocycles. The molecule has 84 valence electrons. The molecule has 0 spiro atoms. The summed E-state index contributed by atoms with van der Waals surface area (Å²) in [7, 11) is 1.99. The van der Waals surface area contributed by atoms with Crippen molar-refractivity contribution in [2.24, 2.45) is 11.1 Å². The smallest absolute Gasteiger partial charge is 0.225 e. The van der Waals surface area contributed by atoms with Crippen molar-refractivity contribution in [2.75, 3.05) is 25.0 Å². The first-order valence-corrected chi connectivity index (χ1v) is 5.14. The van der Waals surface area contributed by atoms with Gasteiger partial charge in [0.2, 0.25) is 5.95 Å². The van der Waals surface area contributed by atoms with Gasteiger partial charge in [0.05, 0.1) is 0 Å². The molecule has 0 fully saturated rings. The lowest BCUT2D eigenvalue weighted by atomic mass is 9.93. The fourth-order valence-corrected chi connectivity index (χ4v) is 1.36. The third kappa shape index (κ3) is 3.47. The molecule has 0 atom stereocenters. The Bertz CT molecular complexity index is 305. The first-order valence-electron chi connectivity index (χ1n) is 5.14. The van der Waals surface area contributed by atoms with Gasteiger partial charge in [-0.15, -0.1) is 0 Å². The molecule has 0 aliphatic carbocycles. The Kier molecular flexibility index (Phi) is 3.63. The van der Waals surface area contributed by atoms with Crippen LogP contribution in [0.4, 0.5) is 5.95 Å². The van der Waals surface area contributed by atoms with E-state index in [1.165, 1.54) is 0 Å². The molecule has 4 nitrogen and oxygen atoms in total. The summed E-state index contributed by atoms with van der Waals surface area (Å²) in [4.78, 5) is 10.6. The van der Waals surface area contributed by atoms with Crippen LogP contribution in [0.15, 0.2) is 12.4 Å². The first-order chi connectivity index (χ1) is 6.94. The molecule has 0 aromatic carbocycles. The molecule has 1 rings (SSSR count). The minimum absolute atomic E-state index is 0.0863. The summed E-state index contributed by atoms with van der Waals surface area (Å²) in [6.45, 7) is 7.76. The monoisotopic (exact) mass is 208 g/mol. The van der Waals surface area contributed by atoms with Crippen molar-refractivity contribution in [1.29, 1.82) is 0 Å². The molecule has 2 N–H and O–H groups in total. The quantitative estimate of drug-likeness (QED) is 0.808. The van der Waals surface area contributed by atoms with Crippen molar-refractivity contribution in [3.8, 4) is 0 Å². The predicted octanol–water partition coefficient (Wildman–Crippen LogP) is 1.21. The highest BCUT2D eigenvalue weighted by molar-refractivity contribution is 5.28. The summed E-state index contributed by atoms with van der Waals surface area (Å²) >= 11 is 0. The average Bonchev–Trinajstić information content (AvgIpc) is 2.18. The van der Waals surface area contributed by atoms with Crippen LogP contribution >= 0.6 is 0 Å². The number of nitrogens with two attached hydrogens (primary N) is 1. The van der Waals surface area contributed by atoms with Crippen LogP contribution in [0, 0.1) is 12.3 Å². The normalized spacial score (nSPS) is 11.5. The lowest BCUT2D eigenvalue weighted by molar-refractivity contribution is 0.383. The minimum atomic E-state index is 0.0863. The molecule has 1 heterocycles. The zero-order valence-electron chi connectivity index (χ0n) is 9.99. The number of nitrogens with zero attached hydrogens (tertiary/aromatic N) is 3. The lowest BCUT2D eigenvalue weighted by Crippen LogP contribution is -2.37. The van der Waals surface area contributed by atoms with Gasteiger partial charge in [-0.05, 0) is 24.4 Å². The van der Waals surface area contributed by atoms with Gasteiger partial charge in [0.1, 0.15) is 0 Å². The van der Waals surface area contributed by atoms with Gasteiger partial charge in [-0.2, -0.15) is 0 Å². The maximum atomic E-state index is 5.69. The maximum Gasteiger partial charge on any atom is 0.225 e. The van der Waals surface area contributed by atoms with E-state index in [2.05, 4.69) is 23.8 Å². The van der Waals surface area contributed by atoms with Crippen molar-refractivity contribution in [3.05, 3.63) is 18.0 Å². The fraction of sp³-hybridized carbons (Fsp3) is 0.636. The Balaban J connectivity index is 2.69. The Morgan fingerprint density at radius 3 is 2.33 bits per heavy atom. The summed E-state index contributed by atoms with van der Waals surface area (Å²) in [5, 5.41) is 0. The molecular weight excluding hydrogens is 188 g/mol. The molecule has 15 heavy (non-hydrogen) atoms. The average molecular weight is 208 g/mol. The van der Waals surface area contributed by atoms with Crippen molar-refractivity contribution in [3.63, 3.8) is 0 Å². The van der Waals surface area contributed by atoms with E-state index in [1.54, 1.807) is 0 Å². The van der Waals surface area contributed by atoms with Crippen LogP contribution in [0.1, 0.15) is 19.4 Å². The molecule has 0 aliphatic rings. The van der Waals surface area contributed by atoms with Crippen LogP contribution in [0.25, 0.3) is 0 Å². The second kappa shape index (κ2) is 4.57.